The Morgan fingerprint density at radius 3 is 2.43 bits per heavy atom. The highest BCUT2D eigenvalue weighted by atomic mass is 32.1. The van der Waals surface area contributed by atoms with Crippen LogP contribution in [0.5, 0.6) is 0 Å². The number of thiazole rings is 1. The average Bonchev–Trinajstić information content (AvgIpc) is 2.96. The molecule has 8 heteroatoms. The van der Waals surface area contributed by atoms with Gasteiger partial charge < -0.3 is 10.0 Å². The number of nitrogens with zero attached hydrogens (tertiary/aromatic N) is 4. The van der Waals surface area contributed by atoms with Crippen molar-refractivity contribution in [1.29, 1.82) is 0 Å². The van der Waals surface area contributed by atoms with Crippen LogP contribution in [0.4, 0.5) is 0 Å². The quantitative estimate of drug-likeness (QED) is 0.920. The van der Waals surface area contributed by atoms with Crippen molar-refractivity contribution in [2.75, 3.05) is 7.05 Å². The molecule has 0 unspecified atom stereocenters. The second-order valence-corrected chi connectivity index (χ2v) is 5.86. The van der Waals surface area contributed by atoms with Crippen LogP contribution in [0.2, 0.25) is 0 Å². The molecule has 0 atom stereocenters. The van der Waals surface area contributed by atoms with E-state index in [0.29, 0.717) is 15.7 Å². The number of hydrogen-bond donors (Lipinski definition) is 1. The summed E-state index contributed by atoms with van der Waals surface area (Å²) in [5, 5.41) is 9.68. The maximum absolute atomic E-state index is 12.3. The summed E-state index contributed by atoms with van der Waals surface area (Å²) in [7, 11) is 1.45. The average molecular weight is 306 g/mol. The molecule has 2 heterocycles. The number of carbonyl (C=O) groups is 2. The Hall–Kier alpha value is -2.35. The lowest BCUT2D eigenvalue weighted by Crippen LogP contribution is -2.50. The van der Waals surface area contributed by atoms with E-state index in [1.165, 1.54) is 32.0 Å². The molecule has 0 saturated heterocycles. The highest BCUT2D eigenvalue weighted by molar-refractivity contribution is 7.16. The van der Waals surface area contributed by atoms with Gasteiger partial charge in [-0.15, -0.1) is 11.3 Å². The van der Waals surface area contributed by atoms with Crippen molar-refractivity contribution < 1.29 is 14.7 Å². The van der Waals surface area contributed by atoms with E-state index < -0.39 is 17.4 Å². The van der Waals surface area contributed by atoms with Crippen molar-refractivity contribution in [2.45, 2.75) is 19.4 Å². The number of rotatable bonds is 4. The summed E-state index contributed by atoms with van der Waals surface area (Å²) in [6.45, 7) is 2.94. The first-order valence-corrected chi connectivity index (χ1v) is 6.90. The summed E-state index contributed by atoms with van der Waals surface area (Å²) < 4.78 is 0. The number of carbonyl (C=O) groups excluding carboxylic acids is 1. The van der Waals surface area contributed by atoms with E-state index in [4.69, 9.17) is 5.11 Å². The van der Waals surface area contributed by atoms with Crippen LogP contribution < -0.4 is 0 Å². The zero-order chi connectivity index (χ0) is 15.6. The van der Waals surface area contributed by atoms with Crippen molar-refractivity contribution in [3.63, 3.8) is 0 Å². The highest BCUT2D eigenvalue weighted by Gasteiger charge is 2.36. The fraction of sp³-hybridized carbons (Fsp3) is 0.308. The molecule has 0 aliphatic carbocycles. The normalized spacial score (nSPS) is 11.2. The molecule has 0 fully saturated rings. The van der Waals surface area contributed by atoms with Gasteiger partial charge in [0.25, 0.3) is 5.91 Å². The maximum atomic E-state index is 12.3. The molecule has 0 bridgehead atoms. The van der Waals surface area contributed by atoms with Crippen LogP contribution in [0.3, 0.4) is 0 Å². The van der Waals surface area contributed by atoms with Crippen LogP contribution >= 0.6 is 11.3 Å². The summed E-state index contributed by atoms with van der Waals surface area (Å²) in [5.41, 5.74) is -1.30. The number of amides is 1. The Kier molecular flexibility index (Phi) is 3.99. The molecular formula is C13H14N4O3S. The number of aliphatic carboxylic acids is 1. The van der Waals surface area contributed by atoms with Gasteiger partial charge in [0.05, 0.1) is 6.20 Å². The van der Waals surface area contributed by atoms with Gasteiger partial charge in [-0.05, 0) is 19.9 Å². The van der Waals surface area contributed by atoms with E-state index in [2.05, 4.69) is 15.0 Å². The van der Waals surface area contributed by atoms with Gasteiger partial charge in [0.2, 0.25) is 0 Å². The van der Waals surface area contributed by atoms with Crippen LogP contribution in [-0.4, -0.2) is 49.4 Å². The van der Waals surface area contributed by atoms with Crippen LogP contribution in [0.1, 0.15) is 23.5 Å². The first-order chi connectivity index (χ1) is 9.84. The first kappa shape index (κ1) is 15.0. The lowest BCUT2D eigenvalue weighted by Gasteiger charge is -2.30. The molecule has 21 heavy (non-hydrogen) atoms. The topological polar surface area (TPSA) is 96.3 Å². The van der Waals surface area contributed by atoms with Gasteiger partial charge in [-0.3, -0.25) is 4.79 Å². The minimum absolute atomic E-state index is 0.342. The van der Waals surface area contributed by atoms with E-state index in [1.54, 1.807) is 18.5 Å². The first-order valence-electron chi connectivity index (χ1n) is 6.09. The Bertz CT molecular complexity index is 669. The van der Waals surface area contributed by atoms with Gasteiger partial charge in [-0.25, -0.2) is 19.7 Å². The monoisotopic (exact) mass is 306 g/mol. The number of likely N-dealkylation sites (N-methyl/N-ethyl adjacent to an activating group) is 1. The largest absolute Gasteiger partial charge is 0.480 e. The molecule has 2 aromatic rings. The lowest BCUT2D eigenvalue weighted by atomic mass is 10.0. The summed E-state index contributed by atoms with van der Waals surface area (Å²) in [6.07, 6.45) is 4.59. The van der Waals surface area contributed by atoms with Gasteiger partial charge in [0.15, 0.2) is 10.8 Å². The second-order valence-electron chi connectivity index (χ2n) is 4.83. The molecule has 1 N–H and O–H groups in total. The molecule has 0 aliphatic rings. The highest BCUT2D eigenvalue weighted by Crippen LogP contribution is 2.24. The summed E-state index contributed by atoms with van der Waals surface area (Å²) in [4.78, 5) is 37.3. The molecule has 1 amide bonds. The van der Waals surface area contributed by atoms with Gasteiger partial charge >= 0.3 is 5.97 Å². The van der Waals surface area contributed by atoms with Crippen molar-refractivity contribution in [2.24, 2.45) is 0 Å². The summed E-state index contributed by atoms with van der Waals surface area (Å²) >= 11 is 1.13. The van der Waals surface area contributed by atoms with Crippen molar-refractivity contribution >= 4 is 23.2 Å². The smallest absolute Gasteiger partial charge is 0.329 e. The van der Waals surface area contributed by atoms with Crippen LogP contribution in [-0.2, 0) is 4.79 Å². The van der Waals surface area contributed by atoms with E-state index in [-0.39, 0.29) is 0 Å². The predicted octanol–water partition coefficient (Wildman–Crippen LogP) is 1.54. The molecule has 0 saturated carbocycles. The van der Waals surface area contributed by atoms with E-state index in [0.717, 1.165) is 11.3 Å². The maximum Gasteiger partial charge on any atom is 0.329 e. The number of carboxylic acid groups (broad SMARTS) is 1. The minimum Gasteiger partial charge on any atom is -0.480 e. The standard InChI is InChI=1S/C13H14N4O3S/c1-13(2,12(19)20)17(3)11(18)8-7-16-10(21-8)9-14-5-4-6-15-9/h4-7H,1-3H3,(H,19,20). The third-order valence-corrected chi connectivity index (χ3v) is 4.12. The van der Waals surface area contributed by atoms with Crippen LogP contribution in [0.25, 0.3) is 10.8 Å². The lowest BCUT2D eigenvalue weighted by molar-refractivity contribution is -0.147. The molecule has 0 spiro atoms. The number of carboxylic acids is 1. The summed E-state index contributed by atoms with van der Waals surface area (Å²) in [5.74, 6) is -1.04. The molecular weight excluding hydrogens is 292 g/mol. The zero-order valence-electron chi connectivity index (χ0n) is 11.8. The molecule has 7 nitrogen and oxygen atoms in total. The Labute approximate surface area is 125 Å². The molecule has 0 aliphatic heterocycles. The molecule has 110 valence electrons. The Morgan fingerprint density at radius 2 is 1.86 bits per heavy atom. The summed E-state index contributed by atoms with van der Waals surface area (Å²) in [6, 6.07) is 1.69. The number of hydrogen-bond acceptors (Lipinski definition) is 6. The Morgan fingerprint density at radius 1 is 1.24 bits per heavy atom. The van der Waals surface area contributed by atoms with Gasteiger partial charge in [0.1, 0.15) is 10.4 Å². The van der Waals surface area contributed by atoms with E-state index in [1.807, 2.05) is 0 Å². The van der Waals surface area contributed by atoms with Gasteiger partial charge in [-0.2, -0.15) is 0 Å². The third-order valence-electron chi connectivity index (χ3n) is 3.14. The number of aromatic nitrogens is 3. The van der Waals surface area contributed by atoms with Crippen molar-refractivity contribution in [1.82, 2.24) is 19.9 Å². The Balaban J connectivity index is 2.26. The predicted molar refractivity (Wildman–Crippen MR) is 76.9 cm³/mol. The molecule has 0 aromatic carbocycles. The molecule has 2 rings (SSSR count). The van der Waals surface area contributed by atoms with Crippen molar-refractivity contribution in [3.8, 4) is 10.8 Å². The molecule has 2 aromatic heterocycles. The fourth-order valence-corrected chi connectivity index (χ4v) is 2.29. The molecule has 0 radical (unpaired) electrons. The van der Waals surface area contributed by atoms with E-state index in [9.17, 15) is 9.59 Å². The van der Waals surface area contributed by atoms with Crippen molar-refractivity contribution in [3.05, 3.63) is 29.5 Å². The van der Waals surface area contributed by atoms with Gasteiger partial charge in [0, 0.05) is 19.4 Å². The van der Waals surface area contributed by atoms with Crippen LogP contribution in [0.15, 0.2) is 24.7 Å². The minimum atomic E-state index is -1.30. The van der Waals surface area contributed by atoms with E-state index >= 15 is 0 Å². The fourth-order valence-electron chi connectivity index (χ4n) is 1.45. The second kappa shape index (κ2) is 5.57. The third kappa shape index (κ3) is 2.89. The van der Waals surface area contributed by atoms with Gasteiger partial charge in [-0.1, -0.05) is 0 Å². The zero-order valence-corrected chi connectivity index (χ0v) is 12.6. The SMILES string of the molecule is CN(C(=O)c1cnc(-c2ncccn2)s1)C(C)(C)C(=O)O. The van der Waals surface area contributed by atoms with Crippen LogP contribution in [0, 0.1) is 0 Å².